The molecule has 2 amide bonds. The molecule has 146 valence electrons. The van der Waals surface area contributed by atoms with E-state index in [-0.39, 0.29) is 17.7 Å². The van der Waals surface area contributed by atoms with E-state index in [9.17, 15) is 9.59 Å². The van der Waals surface area contributed by atoms with E-state index < -0.39 is 0 Å². The lowest BCUT2D eigenvalue weighted by atomic mass is 9.95. The van der Waals surface area contributed by atoms with Gasteiger partial charge in [-0.25, -0.2) is 0 Å². The van der Waals surface area contributed by atoms with Crippen molar-refractivity contribution in [1.29, 1.82) is 0 Å². The number of para-hydroxylation sites is 1. The lowest BCUT2D eigenvalue weighted by Gasteiger charge is -2.33. The fourth-order valence-electron chi connectivity index (χ4n) is 4.00. The second-order valence-electron chi connectivity index (χ2n) is 7.48. The van der Waals surface area contributed by atoms with E-state index >= 15 is 0 Å². The van der Waals surface area contributed by atoms with Crippen molar-refractivity contribution in [2.24, 2.45) is 5.92 Å². The van der Waals surface area contributed by atoms with Crippen LogP contribution in [0.25, 0.3) is 0 Å². The summed E-state index contributed by atoms with van der Waals surface area (Å²) < 4.78 is 0. The van der Waals surface area contributed by atoms with Crippen molar-refractivity contribution < 1.29 is 9.59 Å². The topological polar surface area (TPSA) is 52.7 Å². The average molecular weight is 370 g/mol. The summed E-state index contributed by atoms with van der Waals surface area (Å²) in [5.41, 5.74) is 2.05. The highest BCUT2D eigenvalue weighted by Gasteiger charge is 2.27. The van der Waals surface area contributed by atoms with Crippen LogP contribution in [0, 0.1) is 5.92 Å². The number of nitrogens with one attached hydrogen (secondary N) is 1. The second kappa shape index (κ2) is 9.70. The third-order valence-electron chi connectivity index (χ3n) is 5.59. The maximum absolute atomic E-state index is 12.8. The summed E-state index contributed by atoms with van der Waals surface area (Å²) in [6.45, 7) is 4.84. The Kier molecular flexibility index (Phi) is 7.04. The quantitative estimate of drug-likeness (QED) is 0.833. The van der Waals surface area contributed by atoms with E-state index in [0.717, 1.165) is 51.0 Å². The van der Waals surface area contributed by atoms with Crippen LogP contribution in [0.2, 0.25) is 0 Å². The van der Waals surface area contributed by atoms with E-state index in [2.05, 4.69) is 16.3 Å². The van der Waals surface area contributed by atoms with Crippen molar-refractivity contribution in [2.75, 3.05) is 31.5 Å². The summed E-state index contributed by atoms with van der Waals surface area (Å²) in [6, 6.07) is 9.60. The van der Waals surface area contributed by atoms with Crippen LogP contribution < -0.4 is 5.32 Å². The number of carbonyl (C=O) groups excluding carboxylic acids is 2. The van der Waals surface area contributed by atoms with Gasteiger partial charge in [-0.15, -0.1) is 0 Å². The molecule has 1 fully saturated rings. The van der Waals surface area contributed by atoms with Crippen molar-refractivity contribution in [3.05, 3.63) is 42.1 Å². The molecule has 1 aliphatic carbocycles. The predicted molar refractivity (Wildman–Crippen MR) is 108 cm³/mol. The molecule has 3 rings (SSSR count). The molecule has 0 radical (unpaired) electrons. The fourth-order valence-corrected chi connectivity index (χ4v) is 4.00. The molecule has 1 aliphatic heterocycles. The first-order chi connectivity index (χ1) is 13.2. The number of allylic oxidation sites excluding steroid dienone is 2. The molecule has 1 saturated heterocycles. The van der Waals surface area contributed by atoms with Crippen LogP contribution in [-0.2, 0) is 9.59 Å². The Morgan fingerprint density at radius 2 is 1.89 bits per heavy atom. The van der Waals surface area contributed by atoms with Crippen LogP contribution in [-0.4, -0.2) is 47.8 Å². The molecule has 0 spiro atoms. The summed E-state index contributed by atoms with van der Waals surface area (Å²) in [7, 11) is 0. The van der Waals surface area contributed by atoms with Crippen molar-refractivity contribution in [1.82, 2.24) is 9.80 Å². The third-order valence-corrected chi connectivity index (χ3v) is 5.59. The lowest BCUT2D eigenvalue weighted by molar-refractivity contribution is -0.131. The molecule has 0 aromatic heterocycles. The van der Waals surface area contributed by atoms with Gasteiger partial charge in [-0.3, -0.25) is 14.5 Å². The lowest BCUT2D eigenvalue weighted by Crippen LogP contribution is -2.44. The molecule has 0 saturated carbocycles. The number of carbonyl (C=O) groups is 2. The van der Waals surface area contributed by atoms with Gasteiger partial charge in [-0.05, 0) is 70.7 Å². The zero-order valence-corrected chi connectivity index (χ0v) is 16.3. The molecule has 5 nitrogen and oxygen atoms in total. The third kappa shape index (κ3) is 5.42. The molecule has 1 aromatic carbocycles. The molecule has 2 aliphatic rings. The largest absolute Gasteiger partial charge is 0.326 e. The molecule has 0 atom stereocenters. The van der Waals surface area contributed by atoms with Crippen molar-refractivity contribution >= 4 is 17.5 Å². The average Bonchev–Trinajstić information content (AvgIpc) is 2.70. The molecule has 1 N–H and O–H groups in total. The Bertz CT molecular complexity index is 663. The van der Waals surface area contributed by atoms with E-state index in [1.807, 2.05) is 42.2 Å². The van der Waals surface area contributed by atoms with Crippen LogP contribution in [0.15, 0.2) is 42.1 Å². The van der Waals surface area contributed by atoms with Crippen molar-refractivity contribution in [3.8, 4) is 0 Å². The van der Waals surface area contributed by atoms with E-state index in [1.54, 1.807) is 0 Å². The minimum atomic E-state index is 0.0277. The van der Waals surface area contributed by atoms with Gasteiger partial charge in [0.05, 0.1) is 6.54 Å². The van der Waals surface area contributed by atoms with Gasteiger partial charge in [0.25, 0.3) is 0 Å². The van der Waals surface area contributed by atoms with Gasteiger partial charge >= 0.3 is 0 Å². The van der Waals surface area contributed by atoms with Gasteiger partial charge < -0.3 is 10.2 Å². The van der Waals surface area contributed by atoms with Gasteiger partial charge in [0.15, 0.2) is 0 Å². The zero-order valence-electron chi connectivity index (χ0n) is 16.3. The Morgan fingerprint density at radius 1 is 1.15 bits per heavy atom. The number of anilines is 1. The van der Waals surface area contributed by atoms with Crippen LogP contribution in [0.1, 0.15) is 45.4 Å². The van der Waals surface area contributed by atoms with Crippen LogP contribution >= 0.6 is 0 Å². The summed E-state index contributed by atoms with van der Waals surface area (Å²) in [5.74, 6) is 0.312. The Labute approximate surface area is 162 Å². The normalized spacial score (nSPS) is 18.6. The minimum absolute atomic E-state index is 0.0277. The first-order valence-electron chi connectivity index (χ1n) is 10.2. The molecule has 1 aromatic rings. The highest BCUT2D eigenvalue weighted by Crippen LogP contribution is 2.23. The Morgan fingerprint density at radius 3 is 2.52 bits per heavy atom. The smallest absolute Gasteiger partial charge is 0.240 e. The molecule has 5 heteroatoms. The fraction of sp³-hybridized carbons (Fsp3) is 0.545. The van der Waals surface area contributed by atoms with E-state index in [1.165, 1.54) is 18.5 Å². The monoisotopic (exact) mass is 369 g/mol. The number of hydrogen-bond acceptors (Lipinski definition) is 3. The van der Waals surface area contributed by atoms with E-state index in [0.29, 0.717) is 6.54 Å². The first-order valence-corrected chi connectivity index (χ1v) is 10.2. The van der Waals surface area contributed by atoms with Crippen LogP contribution in [0.5, 0.6) is 0 Å². The summed E-state index contributed by atoms with van der Waals surface area (Å²) in [5, 5.41) is 3.00. The Hall–Kier alpha value is -2.14. The number of likely N-dealkylation sites (N-methyl/N-ethyl adjacent to an activating group) is 1. The SMILES string of the molecule is CCN(C(=O)CN1CCC(C(=O)Nc2ccccc2)CC1)C1=CCCCC1. The van der Waals surface area contributed by atoms with Crippen molar-refractivity contribution in [2.45, 2.75) is 45.4 Å². The zero-order chi connectivity index (χ0) is 19.1. The maximum atomic E-state index is 12.8. The predicted octanol–water partition coefficient (Wildman–Crippen LogP) is 3.64. The van der Waals surface area contributed by atoms with Crippen molar-refractivity contribution in [3.63, 3.8) is 0 Å². The Balaban J connectivity index is 1.46. The number of amides is 2. The number of rotatable bonds is 6. The number of piperidine rings is 1. The van der Waals surface area contributed by atoms with Gasteiger partial charge in [-0.2, -0.15) is 0 Å². The highest BCUT2D eigenvalue weighted by atomic mass is 16.2. The van der Waals surface area contributed by atoms with E-state index in [4.69, 9.17) is 0 Å². The molecular weight excluding hydrogens is 338 g/mol. The molecule has 0 unspecified atom stereocenters. The number of benzene rings is 1. The van der Waals surface area contributed by atoms with Gasteiger partial charge in [0.1, 0.15) is 0 Å². The first kappa shape index (κ1) is 19.6. The summed E-state index contributed by atoms with van der Waals surface area (Å²) in [6.07, 6.45) is 8.35. The van der Waals surface area contributed by atoms with Gasteiger partial charge in [-0.1, -0.05) is 24.3 Å². The standard InChI is InChI=1S/C22H31N3O2/c1-2-25(20-11-7-4-8-12-20)21(26)17-24-15-13-18(14-16-24)22(27)23-19-9-5-3-6-10-19/h3,5-6,9-11,18H,2,4,7-8,12-17H2,1H3,(H,23,27). The van der Waals surface area contributed by atoms with Gasteiger partial charge in [0, 0.05) is 23.8 Å². The summed E-state index contributed by atoms with van der Waals surface area (Å²) >= 11 is 0. The molecule has 1 heterocycles. The summed E-state index contributed by atoms with van der Waals surface area (Å²) in [4.78, 5) is 29.4. The second-order valence-corrected chi connectivity index (χ2v) is 7.48. The maximum Gasteiger partial charge on any atom is 0.240 e. The number of likely N-dealkylation sites (tertiary alicyclic amines) is 1. The highest BCUT2D eigenvalue weighted by molar-refractivity contribution is 5.92. The molecular formula is C22H31N3O2. The van der Waals surface area contributed by atoms with Crippen LogP contribution in [0.4, 0.5) is 5.69 Å². The molecule has 27 heavy (non-hydrogen) atoms. The van der Waals surface area contributed by atoms with Gasteiger partial charge in [0.2, 0.25) is 11.8 Å². The number of nitrogens with zero attached hydrogens (tertiary/aromatic N) is 2. The minimum Gasteiger partial charge on any atom is -0.326 e. The number of hydrogen-bond donors (Lipinski definition) is 1. The molecule has 0 bridgehead atoms. The van der Waals surface area contributed by atoms with Crippen LogP contribution in [0.3, 0.4) is 0 Å².